The number of fused-ring (bicyclic) bond motifs is 2. The van der Waals surface area contributed by atoms with Crippen LogP contribution in [0.2, 0.25) is 0 Å². The molecule has 0 unspecified atom stereocenters. The molecule has 35 heavy (non-hydrogen) atoms. The lowest BCUT2D eigenvalue weighted by Crippen LogP contribution is -2.52. The molecule has 2 bridgehead atoms. The molecule has 0 spiro atoms. The quantitative estimate of drug-likeness (QED) is 0.557. The molecule has 6 rings (SSSR count). The molecule has 194 valence electrons. The van der Waals surface area contributed by atoms with Gasteiger partial charge in [0.1, 0.15) is 5.76 Å². The predicted molar refractivity (Wildman–Crippen MR) is 133 cm³/mol. The van der Waals surface area contributed by atoms with Crippen LogP contribution in [0.15, 0.2) is 10.6 Å². The van der Waals surface area contributed by atoms with Gasteiger partial charge in [0.25, 0.3) is 5.91 Å². The molecule has 8 nitrogen and oxygen atoms in total. The van der Waals surface area contributed by atoms with E-state index in [-0.39, 0.29) is 11.9 Å². The van der Waals surface area contributed by atoms with Crippen LogP contribution in [-0.2, 0) is 4.74 Å². The van der Waals surface area contributed by atoms with Crippen molar-refractivity contribution < 1.29 is 14.1 Å². The van der Waals surface area contributed by atoms with Crippen molar-refractivity contribution >= 4 is 5.91 Å². The van der Waals surface area contributed by atoms with Gasteiger partial charge < -0.3 is 19.9 Å². The van der Waals surface area contributed by atoms with E-state index in [1.54, 1.807) is 0 Å². The molecule has 2 aliphatic carbocycles. The van der Waals surface area contributed by atoms with E-state index in [4.69, 9.17) is 9.26 Å². The normalized spacial score (nSPS) is 34.2. The minimum absolute atomic E-state index is 0.0575. The molecule has 2 N–H and O–H groups in total. The number of hydrogen-bond acceptors (Lipinski definition) is 7. The number of nitrogens with one attached hydrogen (secondary N) is 2. The van der Waals surface area contributed by atoms with Crippen molar-refractivity contribution in [2.75, 3.05) is 45.9 Å². The molecule has 1 amide bonds. The van der Waals surface area contributed by atoms with Crippen LogP contribution >= 0.6 is 0 Å². The van der Waals surface area contributed by atoms with Gasteiger partial charge in [0.15, 0.2) is 5.69 Å². The van der Waals surface area contributed by atoms with Gasteiger partial charge in [-0.05, 0) is 70.1 Å². The second-order valence-corrected chi connectivity index (χ2v) is 11.7. The third-order valence-electron chi connectivity index (χ3n) is 9.24. The van der Waals surface area contributed by atoms with Gasteiger partial charge in [0, 0.05) is 68.9 Å². The van der Waals surface area contributed by atoms with Crippen molar-refractivity contribution in [3.63, 3.8) is 0 Å². The molecule has 2 saturated carbocycles. The molecule has 3 saturated heterocycles. The molecule has 0 radical (unpaired) electrons. The Labute approximate surface area is 209 Å². The van der Waals surface area contributed by atoms with E-state index in [1.807, 2.05) is 6.07 Å². The number of hydrogen-bond donors (Lipinski definition) is 2. The number of nitrogens with zero attached hydrogens (tertiary/aromatic N) is 3. The Hall–Kier alpha value is -1.48. The summed E-state index contributed by atoms with van der Waals surface area (Å²) in [5.74, 6) is 2.14. The number of piperidine rings is 1. The molecule has 3 atom stereocenters. The monoisotopic (exact) mass is 485 g/mol. The summed E-state index contributed by atoms with van der Waals surface area (Å²) in [5.41, 5.74) is 0.456. The Balaban J connectivity index is 0.912. The Morgan fingerprint density at radius 2 is 1.71 bits per heavy atom. The predicted octanol–water partition coefficient (Wildman–Crippen LogP) is 2.76. The lowest BCUT2D eigenvalue weighted by Gasteiger charge is -2.42. The third kappa shape index (κ3) is 5.92. The van der Waals surface area contributed by atoms with E-state index in [0.717, 1.165) is 76.8 Å². The minimum atomic E-state index is -0.0575. The number of rotatable bonds is 9. The maximum absolute atomic E-state index is 12.7. The fraction of sp³-hybridized carbons (Fsp3) is 0.852. The SMILES string of the molecule is O=C(N[C@H]1C[C@H]2CC[C@@H](C1)N2C[C@H]1CC[C@@H](NCCN2CCOCC2)CC1)c1cc(C2CC2)on1. The highest BCUT2D eigenvalue weighted by atomic mass is 16.5. The number of aromatic nitrogens is 1. The van der Waals surface area contributed by atoms with Gasteiger partial charge in [0.05, 0.1) is 13.2 Å². The first-order valence-electron chi connectivity index (χ1n) is 14.3. The zero-order chi connectivity index (χ0) is 23.6. The summed E-state index contributed by atoms with van der Waals surface area (Å²) in [6, 6.07) is 4.07. The number of amides is 1. The van der Waals surface area contributed by atoms with Crippen LogP contribution in [0.3, 0.4) is 0 Å². The molecule has 0 aromatic carbocycles. The van der Waals surface area contributed by atoms with Gasteiger partial charge in [0.2, 0.25) is 0 Å². The average Bonchev–Trinajstić information content (AvgIpc) is 3.56. The van der Waals surface area contributed by atoms with Gasteiger partial charge in [-0.25, -0.2) is 0 Å². The van der Waals surface area contributed by atoms with Crippen molar-refractivity contribution in [3.8, 4) is 0 Å². The molecule has 5 aliphatic rings. The van der Waals surface area contributed by atoms with Gasteiger partial charge in [-0.1, -0.05) is 5.16 Å². The largest absolute Gasteiger partial charge is 0.379 e. The number of morpholine rings is 1. The standard InChI is InChI=1S/C27H43N5O3/c33-27(25-17-26(35-30-25)20-3-4-20)29-22-15-23-7-8-24(16-22)32(23)18-19-1-5-21(6-2-19)28-9-10-31-11-13-34-14-12-31/h17,19-24,28H,1-16,18H2,(H,29,33)/t19-,21+,22-,23+,24-. The highest BCUT2D eigenvalue weighted by Crippen LogP contribution is 2.40. The van der Waals surface area contributed by atoms with Crippen LogP contribution in [0, 0.1) is 5.92 Å². The maximum atomic E-state index is 12.7. The Morgan fingerprint density at radius 1 is 0.971 bits per heavy atom. The maximum Gasteiger partial charge on any atom is 0.273 e. The van der Waals surface area contributed by atoms with Crippen LogP contribution < -0.4 is 10.6 Å². The first kappa shape index (κ1) is 23.9. The lowest BCUT2D eigenvalue weighted by atomic mass is 9.84. The van der Waals surface area contributed by atoms with E-state index >= 15 is 0 Å². The van der Waals surface area contributed by atoms with Crippen molar-refractivity contribution in [1.29, 1.82) is 0 Å². The fourth-order valence-corrected chi connectivity index (χ4v) is 7.00. The topological polar surface area (TPSA) is 82.9 Å². The first-order valence-corrected chi connectivity index (χ1v) is 14.3. The molecular formula is C27H43N5O3. The lowest BCUT2D eigenvalue weighted by molar-refractivity contribution is 0.0377. The number of carbonyl (C=O) groups is 1. The molecule has 5 fully saturated rings. The Kier molecular flexibility index (Phi) is 7.42. The van der Waals surface area contributed by atoms with Crippen LogP contribution in [0.4, 0.5) is 0 Å². The van der Waals surface area contributed by atoms with Crippen molar-refractivity contribution in [2.45, 2.75) is 94.3 Å². The van der Waals surface area contributed by atoms with Crippen LogP contribution in [-0.4, -0.2) is 91.0 Å². The van der Waals surface area contributed by atoms with Gasteiger partial charge >= 0.3 is 0 Å². The van der Waals surface area contributed by atoms with E-state index in [2.05, 4.69) is 25.6 Å². The van der Waals surface area contributed by atoms with Crippen molar-refractivity contribution in [2.24, 2.45) is 5.92 Å². The summed E-state index contributed by atoms with van der Waals surface area (Å²) in [6.07, 6.45) is 12.4. The second-order valence-electron chi connectivity index (χ2n) is 11.7. The summed E-state index contributed by atoms with van der Waals surface area (Å²) in [7, 11) is 0. The third-order valence-corrected chi connectivity index (χ3v) is 9.24. The van der Waals surface area contributed by atoms with E-state index in [1.165, 1.54) is 45.1 Å². The summed E-state index contributed by atoms with van der Waals surface area (Å²) in [4.78, 5) is 18.1. The Morgan fingerprint density at radius 3 is 2.43 bits per heavy atom. The highest BCUT2D eigenvalue weighted by Gasteiger charge is 2.42. The molecular weight excluding hydrogens is 442 g/mol. The molecule has 1 aromatic rings. The number of carbonyl (C=O) groups excluding carboxylic acids is 1. The van der Waals surface area contributed by atoms with E-state index in [0.29, 0.717) is 29.7 Å². The zero-order valence-electron chi connectivity index (χ0n) is 21.1. The van der Waals surface area contributed by atoms with Crippen LogP contribution in [0.1, 0.15) is 86.4 Å². The van der Waals surface area contributed by atoms with E-state index < -0.39 is 0 Å². The number of ether oxygens (including phenoxy) is 1. The first-order chi connectivity index (χ1) is 17.2. The van der Waals surface area contributed by atoms with Crippen LogP contribution in [0.25, 0.3) is 0 Å². The molecule has 1 aromatic heterocycles. The Bertz CT molecular complexity index is 830. The van der Waals surface area contributed by atoms with Crippen molar-refractivity contribution in [1.82, 2.24) is 25.6 Å². The minimum Gasteiger partial charge on any atom is -0.379 e. The summed E-state index contributed by atoms with van der Waals surface area (Å²) in [6.45, 7) is 7.45. The summed E-state index contributed by atoms with van der Waals surface area (Å²) >= 11 is 0. The average molecular weight is 486 g/mol. The smallest absolute Gasteiger partial charge is 0.273 e. The van der Waals surface area contributed by atoms with Gasteiger partial charge in [-0.2, -0.15) is 0 Å². The highest BCUT2D eigenvalue weighted by molar-refractivity contribution is 5.92. The molecule has 8 heteroatoms. The second kappa shape index (κ2) is 10.9. The van der Waals surface area contributed by atoms with Gasteiger partial charge in [-0.3, -0.25) is 14.6 Å². The van der Waals surface area contributed by atoms with E-state index in [9.17, 15) is 4.79 Å². The summed E-state index contributed by atoms with van der Waals surface area (Å²) in [5, 5.41) is 11.1. The van der Waals surface area contributed by atoms with Gasteiger partial charge in [-0.15, -0.1) is 0 Å². The molecule has 3 aliphatic heterocycles. The fourth-order valence-electron chi connectivity index (χ4n) is 7.00. The van der Waals surface area contributed by atoms with Crippen molar-refractivity contribution in [3.05, 3.63) is 17.5 Å². The van der Waals surface area contributed by atoms with Crippen LogP contribution in [0.5, 0.6) is 0 Å². The zero-order valence-corrected chi connectivity index (χ0v) is 21.1. The molecule has 4 heterocycles. The summed E-state index contributed by atoms with van der Waals surface area (Å²) < 4.78 is 10.8.